The van der Waals surface area contributed by atoms with E-state index in [9.17, 15) is 14.4 Å². The first-order chi connectivity index (χ1) is 10.1. The number of nitrogens with zero attached hydrogens (tertiary/aromatic N) is 2. The quantitative estimate of drug-likeness (QED) is 0.853. The lowest BCUT2D eigenvalue weighted by Crippen LogP contribution is -2.48. The molecule has 0 saturated carbocycles. The Morgan fingerprint density at radius 1 is 1.29 bits per heavy atom. The number of thiophene rings is 1. The largest absolute Gasteiger partial charge is 0.342 e. The number of amides is 3. The van der Waals surface area contributed by atoms with Crippen LogP contribution in [-0.2, 0) is 16.0 Å². The molecule has 0 aromatic carbocycles. The van der Waals surface area contributed by atoms with Gasteiger partial charge < -0.3 is 4.90 Å². The summed E-state index contributed by atoms with van der Waals surface area (Å²) in [7, 11) is 0. The maximum absolute atomic E-state index is 12.2. The first-order valence-electron chi connectivity index (χ1n) is 6.94. The van der Waals surface area contributed by atoms with E-state index in [0.717, 1.165) is 16.6 Å². The molecule has 0 radical (unpaired) electrons. The highest BCUT2D eigenvalue weighted by atomic mass is 32.2. The van der Waals surface area contributed by atoms with E-state index in [2.05, 4.69) is 0 Å². The van der Waals surface area contributed by atoms with Crippen LogP contribution in [0.1, 0.15) is 17.7 Å². The van der Waals surface area contributed by atoms with Crippen LogP contribution in [0.25, 0.3) is 0 Å². The molecule has 2 saturated heterocycles. The molecule has 0 N–H and O–H groups in total. The third kappa shape index (κ3) is 3.13. The Morgan fingerprint density at radius 3 is 2.62 bits per heavy atom. The Labute approximate surface area is 131 Å². The molecule has 1 aromatic heterocycles. The van der Waals surface area contributed by atoms with Crippen molar-refractivity contribution in [3.05, 3.63) is 22.4 Å². The molecule has 112 valence electrons. The smallest absolute Gasteiger partial charge is 0.289 e. The van der Waals surface area contributed by atoms with E-state index in [4.69, 9.17) is 0 Å². The zero-order valence-electron chi connectivity index (χ0n) is 11.5. The van der Waals surface area contributed by atoms with Gasteiger partial charge in [0.2, 0.25) is 11.8 Å². The second-order valence-electron chi connectivity index (χ2n) is 5.19. The second-order valence-corrected chi connectivity index (χ2v) is 7.15. The van der Waals surface area contributed by atoms with Gasteiger partial charge in [0.25, 0.3) is 5.24 Å². The summed E-state index contributed by atoms with van der Waals surface area (Å²) in [4.78, 5) is 39.9. The highest BCUT2D eigenvalue weighted by molar-refractivity contribution is 8.14. The van der Waals surface area contributed by atoms with E-state index in [1.165, 1.54) is 4.90 Å². The summed E-state index contributed by atoms with van der Waals surface area (Å²) in [6.45, 7) is 1.24. The van der Waals surface area contributed by atoms with Crippen molar-refractivity contribution >= 4 is 40.2 Å². The molecule has 0 bridgehead atoms. The molecule has 2 aliphatic rings. The first-order valence-corrected chi connectivity index (χ1v) is 8.80. The SMILES string of the molecule is O=C(Cc1cccs1)N1CCC(N2C(=O)CSC2=O)CC1. The first kappa shape index (κ1) is 14.6. The summed E-state index contributed by atoms with van der Waals surface area (Å²) in [5.41, 5.74) is 0. The number of piperidine rings is 1. The van der Waals surface area contributed by atoms with Crippen molar-refractivity contribution < 1.29 is 14.4 Å². The number of thioether (sulfide) groups is 1. The maximum atomic E-state index is 12.2. The number of carbonyl (C=O) groups excluding carboxylic acids is 3. The number of rotatable bonds is 3. The highest BCUT2D eigenvalue weighted by Crippen LogP contribution is 2.27. The van der Waals surface area contributed by atoms with Crippen LogP contribution in [0.4, 0.5) is 4.79 Å². The molecule has 3 heterocycles. The van der Waals surface area contributed by atoms with Crippen LogP contribution < -0.4 is 0 Å². The second kappa shape index (κ2) is 6.19. The Kier molecular flexibility index (Phi) is 4.30. The molecule has 21 heavy (non-hydrogen) atoms. The third-order valence-electron chi connectivity index (χ3n) is 3.87. The topological polar surface area (TPSA) is 57.7 Å². The molecule has 7 heteroatoms. The summed E-state index contributed by atoms with van der Waals surface area (Å²) in [6.07, 6.45) is 1.82. The van der Waals surface area contributed by atoms with Gasteiger partial charge in [-0.3, -0.25) is 19.3 Å². The van der Waals surface area contributed by atoms with Crippen molar-refractivity contribution in [2.45, 2.75) is 25.3 Å². The Balaban J connectivity index is 1.54. The minimum Gasteiger partial charge on any atom is -0.342 e. The molecule has 0 atom stereocenters. The van der Waals surface area contributed by atoms with Gasteiger partial charge in [0.15, 0.2) is 0 Å². The lowest BCUT2D eigenvalue weighted by molar-refractivity contribution is -0.132. The monoisotopic (exact) mass is 324 g/mol. The van der Waals surface area contributed by atoms with Crippen molar-refractivity contribution in [1.82, 2.24) is 9.80 Å². The van der Waals surface area contributed by atoms with Gasteiger partial charge in [-0.15, -0.1) is 11.3 Å². The number of hydrogen-bond donors (Lipinski definition) is 0. The zero-order chi connectivity index (χ0) is 14.8. The van der Waals surface area contributed by atoms with E-state index in [1.54, 1.807) is 11.3 Å². The van der Waals surface area contributed by atoms with E-state index >= 15 is 0 Å². The standard InChI is InChI=1S/C14H16N2O3S2/c17-12(8-11-2-1-7-20-11)15-5-3-10(4-6-15)16-13(18)9-21-14(16)19/h1-2,7,10H,3-6,8-9H2. The molecule has 2 fully saturated rings. The average Bonchev–Trinajstić information content (AvgIpc) is 3.09. The molecule has 0 unspecified atom stereocenters. The molecule has 3 amide bonds. The fraction of sp³-hybridized carbons (Fsp3) is 0.500. The van der Waals surface area contributed by atoms with Crippen LogP contribution in [0, 0.1) is 0 Å². The van der Waals surface area contributed by atoms with Crippen molar-refractivity contribution in [2.24, 2.45) is 0 Å². The number of imide groups is 1. The van der Waals surface area contributed by atoms with Gasteiger partial charge in [-0.05, 0) is 24.3 Å². The Morgan fingerprint density at radius 2 is 2.05 bits per heavy atom. The summed E-state index contributed by atoms with van der Waals surface area (Å²) in [6, 6.07) is 3.88. The molecule has 0 spiro atoms. The van der Waals surface area contributed by atoms with E-state index < -0.39 is 0 Å². The van der Waals surface area contributed by atoms with Gasteiger partial charge in [0.05, 0.1) is 12.2 Å². The van der Waals surface area contributed by atoms with Crippen LogP contribution in [0.2, 0.25) is 0 Å². The van der Waals surface area contributed by atoms with Gasteiger partial charge in [0, 0.05) is 24.0 Å². The molecule has 5 nitrogen and oxygen atoms in total. The minimum atomic E-state index is -0.136. The Hall–Kier alpha value is -1.34. The lowest BCUT2D eigenvalue weighted by atomic mass is 10.0. The van der Waals surface area contributed by atoms with Crippen LogP contribution in [0.3, 0.4) is 0 Å². The van der Waals surface area contributed by atoms with Crippen molar-refractivity contribution in [3.63, 3.8) is 0 Å². The fourth-order valence-corrected chi connectivity index (χ4v) is 4.24. The minimum absolute atomic E-state index is 0.0363. The Bertz CT molecular complexity index is 535. The van der Waals surface area contributed by atoms with Crippen LogP contribution >= 0.6 is 23.1 Å². The predicted molar refractivity (Wildman–Crippen MR) is 82.3 cm³/mol. The van der Waals surface area contributed by atoms with Gasteiger partial charge in [-0.2, -0.15) is 0 Å². The zero-order valence-corrected chi connectivity index (χ0v) is 13.1. The number of likely N-dealkylation sites (tertiary alicyclic amines) is 1. The molecule has 3 rings (SSSR count). The van der Waals surface area contributed by atoms with Gasteiger partial charge in [-0.25, -0.2) is 0 Å². The number of carbonyl (C=O) groups is 3. The van der Waals surface area contributed by atoms with Gasteiger partial charge >= 0.3 is 0 Å². The van der Waals surface area contributed by atoms with Crippen molar-refractivity contribution in [1.29, 1.82) is 0 Å². The van der Waals surface area contributed by atoms with Crippen molar-refractivity contribution in [2.75, 3.05) is 18.8 Å². The van der Waals surface area contributed by atoms with Crippen LogP contribution in [0.5, 0.6) is 0 Å². The average molecular weight is 324 g/mol. The van der Waals surface area contributed by atoms with Crippen LogP contribution in [-0.4, -0.2) is 51.7 Å². The highest BCUT2D eigenvalue weighted by Gasteiger charge is 2.37. The summed E-state index contributed by atoms with van der Waals surface area (Å²) in [5.74, 6) is 0.300. The summed E-state index contributed by atoms with van der Waals surface area (Å²) >= 11 is 2.66. The maximum Gasteiger partial charge on any atom is 0.289 e. The van der Waals surface area contributed by atoms with E-state index in [1.807, 2.05) is 22.4 Å². The molecule has 0 aliphatic carbocycles. The third-order valence-corrected chi connectivity index (χ3v) is 5.58. The summed E-state index contributed by atoms with van der Waals surface area (Å²) < 4.78 is 0. The van der Waals surface area contributed by atoms with Crippen molar-refractivity contribution in [3.8, 4) is 0 Å². The van der Waals surface area contributed by atoms with E-state index in [0.29, 0.717) is 32.4 Å². The van der Waals surface area contributed by atoms with Gasteiger partial charge in [-0.1, -0.05) is 17.8 Å². The number of hydrogen-bond acceptors (Lipinski definition) is 5. The fourth-order valence-electron chi connectivity index (χ4n) is 2.76. The lowest BCUT2D eigenvalue weighted by Gasteiger charge is -2.35. The molecule has 2 aliphatic heterocycles. The van der Waals surface area contributed by atoms with E-state index in [-0.39, 0.29) is 28.8 Å². The summed E-state index contributed by atoms with van der Waals surface area (Å²) in [5, 5.41) is 1.83. The predicted octanol–water partition coefficient (Wildman–Crippen LogP) is 1.98. The molecular weight excluding hydrogens is 308 g/mol. The normalized spacial score (nSPS) is 20.4. The molecular formula is C14H16N2O3S2. The van der Waals surface area contributed by atoms with Crippen LogP contribution in [0.15, 0.2) is 17.5 Å². The molecule has 1 aromatic rings. The van der Waals surface area contributed by atoms with Gasteiger partial charge in [0.1, 0.15) is 0 Å².